The SMILES string of the molecule is CC[N+]1(CC)CCN(C2=CC(=O)c3ccccc3C2=O)CC1. The number of carbonyl (C=O) groups excluding carboxylic acids is 2. The van der Waals surface area contributed by atoms with Crippen molar-refractivity contribution < 1.29 is 14.1 Å². The van der Waals surface area contributed by atoms with Gasteiger partial charge in [-0.15, -0.1) is 0 Å². The van der Waals surface area contributed by atoms with Gasteiger partial charge in [-0.1, -0.05) is 24.3 Å². The van der Waals surface area contributed by atoms with Gasteiger partial charge in [-0.25, -0.2) is 0 Å². The summed E-state index contributed by atoms with van der Waals surface area (Å²) < 4.78 is 1.10. The zero-order valence-corrected chi connectivity index (χ0v) is 13.3. The molecule has 0 saturated carbocycles. The molecule has 0 atom stereocenters. The summed E-state index contributed by atoms with van der Waals surface area (Å²) in [5.41, 5.74) is 1.65. The number of rotatable bonds is 3. The molecule has 1 aliphatic carbocycles. The van der Waals surface area contributed by atoms with Crippen LogP contribution >= 0.6 is 0 Å². The topological polar surface area (TPSA) is 37.4 Å². The second kappa shape index (κ2) is 5.69. The molecule has 1 fully saturated rings. The fraction of sp³-hybridized carbons (Fsp3) is 0.444. The molecule has 1 heterocycles. The van der Waals surface area contributed by atoms with Gasteiger partial charge in [0.1, 0.15) is 0 Å². The molecule has 0 radical (unpaired) electrons. The lowest BCUT2D eigenvalue weighted by molar-refractivity contribution is -0.928. The number of hydrogen-bond acceptors (Lipinski definition) is 3. The van der Waals surface area contributed by atoms with Crippen molar-refractivity contribution >= 4 is 11.6 Å². The van der Waals surface area contributed by atoms with Crippen molar-refractivity contribution in [3.8, 4) is 0 Å². The van der Waals surface area contributed by atoms with E-state index in [1.165, 1.54) is 6.08 Å². The molecule has 1 saturated heterocycles. The number of allylic oxidation sites excluding steroid dienone is 2. The van der Waals surface area contributed by atoms with Crippen molar-refractivity contribution in [2.45, 2.75) is 13.8 Å². The van der Waals surface area contributed by atoms with E-state index in [1.807, 2.05) is 6.07 Å². The number of fused-ring (bicyclic) bond motifs is 1. The molecule has 0 amide bonds. The van der Waals surface area contributed by atoms with E-state index in [-0.39, 0.29) is 11.6 Å². The first-order valence-corrected chi connectivity index (χ1v) is 8.10. The van der Waals surface area contributed by atoms with Gasteiger partial charge in [-0.2, -0.15) is 0 Å². The molecule has 0 spiro atoms. The van der Waals surface area contributed by atoms with Gasteiger partial charge < -0.3 is 9.38 Å². The van der Waals surface area contributed by atoms with Crippen LogP contribution in [0.5, 0.6) is 0 Å². The second-order valence-corrected chi connectivity index (χ2v) is 6.18. The van der Waals surface area contributed by atoms with Gasteiger partial charge in [-0.3, -0.25) is 9.59 Å². The maximum Gasteiger partial charge on any atom is 0.209 e. The van der Waals surface area contributed by atoms with E-state index >= 15 is 0 Å². The summed E-state index contributed by atoms with van der Waals surface area (Å²) in [6, 6.07) is 7.11. The Balaban J connectivity index is 1.83. The fourth-order valence-corrected chi connectivity index (χ4v) is 3.52. The zero-order chi connectivity index (χ0) is 15.7. The van der Waals surface area contributed by atoms with Crippen molar-refractivity contribution in [2.75, 3.05) is 39.3 Å². The van der Waals surface area contributed by atoms with E-state index in [9.17, 15) is 9.59 Å². The highest BCUT2D eigenvalue weighted by molar-refractivity contribution is 6.24. The summed E-state index contributed by atoms with van der Waals surface area (Å²) >= 11 is 0. The van der Waals surface area contributed by atoms with Crippen LogP contribution in [0.3, 0.4) is 0 Å². The molecule has 0 bridgehead atoms. The maximum atomic E-state index is 12.7. The maximum absolute atomic E-state index is 12.7. The molecule has 1 aliphatic heterocycles. The lowest BCUT2D eigenvalue weighted by atomic mass is 9.92. The molecule has 1 aromatic carbocycles. The molecule has 0 unspecified atom stereocenters. The monoisotopic (exact) mass is 299 g/mol. The van der Waals surface area contributed by atoms with Crippen molar-refractivity contribution in [1.82, 2.24) is 4.90 Å². The molecule has 2 aliphatic rings. The Morgan fingerprint density at radius 2 is 1.59 bits per heavy atom. The van der Waals surface area contributed by atoms with E-state index in [0.29, 0.717) is 16.8 Å². The quantitative estimate of drug-likeness (QED) is 0.802. The number of Topliss-reactive ketones (excluding diaryl/α,β-unsaturated/α-hetero) is 1. The molecule has 1 aromatic rings. The lowest BCUT2D eigenvalue weighted by Gasteiger charge is -2.45. The third kappa shape index (κ3) is 2.37. The van der Waals surface area contributed by atoms with Crippen LogP contribution in [0.15, 0.2) is 36.0 Å². The molecule has 0 N–H and O–H groups in total. The van der Waals surface area contributed by atoms with E-state index < -0.39 is 0 Å². The van der Waals surface area contributed by atoms with Crippen LogP contribution < -0.4 is 0 Å². The van der Waals surface area contributed by atoms with Crippen LogP contribution in [-0.2, 0) is 0 Å². The van der Waals surface area contributed by atoms with Gasteiger partial charge in [0.05, 0.1) is 45.0 Å². The Morgan fingerprint density at radius 3 is 2.18 bits per heavy atom. The molecule has 0 aromatic heterocycles. The molecule has 116 valence electrons. The van der Waals surface area contributed by atoms with Gasteiger partial charge in [0.2, 0.25) is 5.78 Å². The Bertz CT molecular complexity index is 634. The number of quaternary nitrogens is 1. The average molecular weight is 299 g/mol. The summed E-state index contributed by atoms with van der Waals surface area (Å²) in [4.78, 5) is 27.1. The van der Waals surface area contributed by atoms with Crippen molar-refractivity contribution in [3.05, 3.63) is 47.2 Å². The highest BCUT2D eigenvalue weighted by Crippen LogP contribution is 2.25. The smallest absolute Gasteiger partial charge is 0.209 e. The standard InChI is InChI=1S/C18H23N2O2/c1-3-20(4-2)11-9-19(10-12-20)16-13-17(21)14-7-5-6-8-15(14)18(16)22/h5-8,13H,3-4,9-12H2,1-2H3/q+1. The lowest BCUT2D eigenvalue weighted by Crippen LogP contribution is -2.59. The largest absolute Gasteiger partial charge is 0.357 e. The Hall–Kier alpha value is -1.94. The molecular weight excluding hydrogens is 276 g/mol. The number of likely N-dealkylation sites (N-methyl/N-ethyl adjacent to an activating group) is 1. The molecule has 22 heavy (non-hydrogen) atoms. The second-order valence-electron chi connectivity index (χ2n) is 6.18. The Morgan fingerprint density at radius 1 is 1.00 bits per heavy atom. The predicted molar refractivity (Wildman–Crippen MR) is 85.8 cm³/mol. The Kier molecular flexibility index (Phi) is 3.87. The van der Waals surface area contributed by atoms with E-state index in [1.54, 1.807) is 18.2 Å². The van der Waals surface area contributed by atoms with E-state index in [0.717, 1.165) is 43.8 Å². The van der Waals surface area contributed by atoms with Crippen molar-refractivity contribution in [2.24, 2.45) is 0 Å². The van der Waals surface area contributed by atoms with Crippen LogP contribution in [0.1, 0.15) is 34.6 Å². The summed E-state index contributed by atoms with van der Waals surface area (Å²) in [5, 5.41) is 0. The highest BCUT2D eigenvalue weighted by atomic mass is 16.1. The minimum absolute atomic E-state index is 0.0109. The number of benzene rings is 1. The van der Waals surface area contributed by atoms with Gasteiger partial charge in [0.25, 0.3) is 0 Å². The summed E-state index contributed by atoms with van der Waals surface area (Å²) in [5.74, 6) is -0.0642. The zero-order valence-electron chi connectivity index (χ0n) is 13.3. The normalized spacial score (nSPS) is 20.6. The van der Waals surface area contributed by atoms with Crippen LogP contribution in [0, 0.1) is 0 Å². The first kappa shape index (κ1) is 15.0. The van der Waals surface area contributed by atoms with Crippen LogP contribution in [0.25, 0.3) is 0 Å². The Labute approximate surface area is 131 Å². The third-order valence-corrected chi connectivity index (χ3v) is 5.31. The fourth-order valence-electron chi connectivity index (χ4n) is 3.52. The molecule has 4 heteroatoms. The molecule has 4 nitrogen and oxygen atoms in total. The summed E-state index contributed by atoms with van der Waals surface area (Å²) in [7, 11) is 0. The minimum atomic E-state index is -0.0532. The minimum Gasteiger partial charge on any atom is -0.357 e. The van der Waals surface area contributed by atoms with E-state index in [4.69, 9.17) is 0 Å². The van der Waals surface area contributed by atoms with Crippen LogP contribution in [0.2, 0.25) is 0 Å². The first-order chi connectivity index (χ1) is 10.6. The number of ketones is 2. The highest BCUT2D eigenvalue weighted by Gasteiger charge is 2.34. The number of hydrogen-bond donors (Lipinski definition) is 0. The van der Waals surface area contributed by atoms with Crippen LogP contribution in [0.4, 0.5) is 0 Å². The van der Waals surface area contributed by atoms with E-state index in [2.05, 4.69) is 18.7 Å². The number of carbonyl (C=O) groups is 2. The average Bonchev–Trinajstić information content (AvgIpc) is 2.58. The predicted octanol–water partition coefficient (Wildman–Crippen LogP) is 2.12. The van der Waals surface area contributed by atoms with Crippen molar-refractivity contribution in [3.63, 3.8) is 0 Å². The summed E-state index contributed by atoms with van der Waals surface area (Å²) in [6.45, 7) is 10.5. The van der Waals surface area contributed by atoms with Gasteiger partial charge in [0, 0.05) is 17.2 Å². The van der Waals surface area contributed by atoms with Crippen molar-refractivity contribution in [1.29, 1.82) is 0 Å². The molecule has 3 rings (SSSR count). The van der Waals surface area contributed by atoms with Crippen LogP contribution in [-0.4, -0.2) is 60.2 Å². The third-order valence-electron chi connectivity index (χ3n) is 5.31. The number of piperazine rings is 1. The van der Waals surface area contributed by atoms with Gasteiger partial charge in [0.15, 0.2) is 5.78 Å². The first-order valence-electron chi connectivity index (χ1n) is 8.10. The summed E-state index contributed by atoms with van der Waals surface area (Å²) in [6.07, 6.45) is 1.53. The van der Waals surface area contributed by atoms with Gasteiger partial charge >= 0.3 is 0 Å². The number of nitrogens with zero attached hydrogens (tertiary/aromatic N) is 2. The van der Waals surface area contributed by atoms with Gasteiger partial charge in [-0.05, 0) is 13.8 Å². The molecular formula is C18H23N2O2+.